The van der Waals surface area contributed by atoms with Crippen molar-refractivity contribution in [1.29, 1.82) is 0 Å². The Labute approximate surface area is 174 Å². The molecule has 154 valence electrons. The number of hydrogen-bond donors (Lipinski definition) is 2. The molecular formula is C22H21N2O5S+. The van der Waals surface area contributed by atoms with Crippen LogP contribution in [0.4, 0.5) is 0 Å². The summed E-state index contributed by atoms with van der Waals surface area (Å²) in [5.74, 6) is -0.0425. The minimum Gasteiger partial charge on any atom is -0.463 e. The van der Waals surface area contributed by atoms with Gasteiger partial charge in [0.05, 0.1) is 36.7 Å². The van der Waals surface area contributed by atoms with Crippen LogP contribution in [0.15, 0.2) is 75.1 Å². The average molecular weight is 425 g/mol. The van der Waals surface area contributed by atoms with Crippen molar-refractivity contribution in [2.75, 3.05) is 20.6 Å². The summed E-state index contributed by atoms with van der Waals surface area (Å²) in [6.07, 6.45) is 1.58. The fourth-order valence-corrected chi connectivity index (χ4v) is 5.28. The van der Waals surface area contributed by atoms with Gasteiger partial charge in [-0.3, -0.25) is 9.59 Å². The van der Waals surface area contributed by atoms with Crippen LogP contribution in [0.2, 0.25) is 0 Å². The van der Waals surface area contributed by atoms with Gasteiger partial charge in [-0.25, -0.2) is 8.42 Å². The molecule has 0 fully saturated rings. The number of ketones is 1. The third-order valence-electron chi connectivity index (χ3n) is 5.25. The molecule has 4 rings (SSSR count). The molecule has 8 heteroatoms. The fraction of sp³-hybridized carbons (Fsp3) is 0.182. The topological polar surface area (TPSA) is 97.9 Å². The van der Waals surface area contributed by atoms with E-state index in [-0.39, 0.29) is 38.3 Å². The lowest BCUT2D eigenvalue weighted by Crippen LogP contribution is -3.07. The molecule has 0 saturated carbocycles. The van der Waals surface area contributed by atoms with Crippen LogP contribution in [0.3, 0.4) is 0 Å². The second kappa shape index (κ2) is 7.55. The van der Waals surface area contributed by atoms with E-state index < -0.39 is 15.7 Å². The second-order valence-corrected chi connectivity index (χ2v) is 9.28. The average Bonchev–Trinajstić information content (AvgIpc) is 3.26. The molecule has 2 N–H and O–H groups in total. The highest BCUT2D eigenvalue weighted by atomic mass is 32.2. The van der Waals surface area contributed by atoms with Gasteiger partial charge in [0.25, 0.3) is 5.91 Å². The molecule has 1 aliphatic rings. The van der Waals surface area contributed by atoms with Gasteiger partial charge in [-0.2, -0.15) is 0 Å². The minimum atomic E-state index is -3.89. The number of carbonyl (C=O) groups excluding carboxylic acids is 2. The van der Waals surface area contributed by atoms with E-state index in [9.17, 15) is 18.0 Å². The van der Waals surface area contributed by atoms with Gasteiger partial charge < -0.3 is 14.6 Å². The zero-order chi connectivity index (χ0) is 21.5. The molecule has 0 unspecified atom stereocenters. The van der Waals surface area contributed by atoms with Crippen molar-refractivity contribution >= 4 is 21.5 Å². The van der Waals surface area contributed by atoms with Crippen molar-refractivity contribution in [2.24, 2.45) is 0 Å². The number of rotatable bonds is 5. The standard InChI is InChI=1S/C22H20N2O5S/c1-24(2)17(18-7-5-11-29-18)13-23-22(26)14-9-10-16-20(12-14)30(27,28)19-8-4-3-6-15(19)21(16)25/h3-12,17H,13H2,1-2H3,(H,23,26)/p+1/t17-/m1/s1. The lowest BCUT2D eigenvalue weighted by Gasteiger charge is -2.21. The quantitative estimate of drug-likeness (QED) is 0.502. The smallest absolute Gasteiger partial charge is 0.251 e. The molecule has 2 aromatic carbocycles. The molecule has 1 atom stereocenters. The third-order valence-corrected chi connectivity index (χ3v) is 7.10. The van der Waals surface area contributed by atoms with E-state index in [2.05, 4.69) is 5.32 Å². The van der Waals surface area contributed by atoms with Crippen LogP contribution in [0, 0.1) is 0 Å². The molecule has 3 aromatic rings. The van der Waals surface area contributed by atoms with Gasteiger partial charge in [-0.05, 0) is 42.5 Å². The Kier molecular flexibility index (Phi) is 5.05. The first kappa shape index (κ1) is 20.1. The summed E-state index contributed by atoms with van der Waals surface area (Å²) in [6, 6.07) is 13.8. The molecule has 0 saturated heterocycles. The highest BCUT2D eigenvalue weighted by Gasteiger charge is 2.35. The second-order valence-electron chi connectivity index (χ2n) is 7.40. The van der Waals surface area contributed by atoms with Gasteiger partial charge in [0, 0.05) is 16.7 Å². The number of amides is 1. The number of furan rings is 1. The number of likely N-dealkylation sites (N-methyl/N-ethyl adjacent to an activating group) is 1. The van der Waals surface area contributed by atoms with Crippen molar-refractivity contribution in [1.82, 2.24) is 5.32 Å². The maximum Gasteiger partial charge on any atom is 0.251 e. The van der Waals surface area contributed by atoms with Crippen molar-refractivity contribution in [3.8, 4) is 0 Å². The SMILES string of the molecule is C[NH+](C)[C@H](CNC(=O)c1ccc2c(c1)S(=O)(=O)c1ccccc1C2=O)c1ccco1. The lowest BCUT2D eigenvalue weighted by molar-refractivity contribution is -0.891. The van der Waals surface area contributed by atoms with Crippen LogP contribution in [0.25, 0.3) is 0 Å². The highest BCUT2D eigenvalue weighted by Crippen LogP contribution is 2.34. The summed E-state index contributed by atoms with van der Waals surface area (Å²) in [7, 11) is 0.0141. The number of quaternary nitrogens is 1. The van der Waals surface area contributed by atoms with Crippen molar-refractivity contribution in [2.45, 2.75) is 15.8 Å². The summed E-state index contributed by atoms with van der Waals surface area (Å²) in [5.41, 5.74) is 0.408. The zero-order valence-electron chi connectivity index (χ0n) is 16.5. The molecule has 7 nitrogen and oxygen atoms in total. The largest absolute Gasteiger partial charge is 0.463 e. The minimum absolute atomic E-state index is 0.0332. The predicted octanol–water partition coefficient (Wildman–Crippen LogP) is 1.27. The summed E-state index contributed by atoms with van der Waals surface area (Å²) in [5, 5.41) is 2.83. The molecule has 30 heavy (non-hydrogen) atoms. The first-order valence-electron chi connectivity index (χ1n) is 9.45. The van der Waals surface area contributed by atoms with E-state index in [1.807, 2.05) is 20.2 Å². The molecule has 1 aromatic heterocycles. The first-order chi connectivity index (χ1) is 14.3. The van der Waals surface area contributed by atoms with Crippen molar-refractivity contribution in [3.05, 3.63) is 83.3 Å². The van der Waals surface area contributed by atoms with Gasteiger partial charge in [0.2, 0.25) is 9.84 Å². The third kappa shape index (κ3) is 3.34. The Morgan fingerprint density at radius 2 is 1.77 bits per heavy atom. The Balaban J connectivity index is 1.62. The Morgan fingerprint density at radius 3 is 2.47 bits per heavy atom. The molecule has 0 bridgehead atoms. The number of carbonyl (C=O) groups is 2. The monoisotopic (exact) mass is 425 g/mol. The Bertz CT molecular complexity index is 1230. The molecule has 0 aliphatic carbocycles. The van der Waals surface area contributed by atoms with Gasteiger partial charge in [-0.1, -0.05) is 12.1 Å². The van der Waals surface area contributed by atoms with Crippen LogP contribution in [-0.4, -0.2) is 40.7 Å². The molecule has 0 spiro atoms. The normalized spacial score (nSPS) is 15.4. The lowest BCUT2D eigenvalue weighted by atomic mass is 10.0. The van der Waals surface area contributed by atoms with E-state index in [0.717, 1.165) is 10.7 Å². The zero-order valence-corrected chi connectivity index (χ0v) is 17.3. The van der Waals surface area contributed by atoms with Gasteiger partial charge in [0.15, 0.2) is 17.6 Å². The summed E-state index contributed by atoms with van der Waals surface area (Å²) >= 11 is 0. The van der Waals surface area contributed by atoms with E-state index in [4.69, 9.17) is 4.42 Å². The maximum absolute atomic E-state index is 13.0. The molecule has 1 amide bonds. The summed E-state index contributed by atoms with van der Waals surface area (Å²) < 4.78 is 31.5. The van der Waals surface area contributed by atoms with E-state index in [1.165, 1.54) is 30.3 Å². The number of benzene rings is 2. The van der Waals surface area contributed by atoms with Crippen LogP contribution in [-0.2, 0) is 9.84 Å². The number of fused-ring (bicyclic) bond motifs is 2. The van der Waals surface area contributed by atoms with E-state index >= 15 is 0 Å². The highest BCUT2D eigenvalue weighted by molar-refractivity contribution is 7.91. The molecular weight excluding hydrogens is 404 g/mol. The summed E-state index contributed by atoms with van der Waals surface area (Å²) in [4.78, 5) is 26.4. The van der Waals surface area contributed by atoms with Crippen LogP contribution >= 0.6 is 0 Å². The van der Waals surface area contributed by atoms with Gasteiger partial charge in [-0.15, -0.1) is 0 Å². The predicted molar refractivity (Wildman–Crippen MR) is 108 cm³/mol. The Hall–Kier alpha value is -3.23. The number of hydrogen-bond acceptors (Lipinski definition) is 5. The van der Waals surface area contributed by atoms with Crippen LogP contribution in [0.1, 0.15) is 38.1 Å². The van der Waals surface area contributed by atoms with Crippen molar-refractivity contribution in [3.63, 3.8) is 0 Å². The molecule has 2 heterocycles. The van der Waals surface area contributed by atoms with E-state index in [1.54, 1.807) is 24.5 Å². The number of sulfone groups is 1. The molecule has 0 radical (unpaired) electrons. The van der Waals surface area contributed by atoms with Crippen molar-refractivity contribution < 1.29 is 27.3 Å². The summed E-state index contributed by atoms with van der Waals surface area (Å²) in [6.45, 7) is 0.306. The van der Waals surface area contributed by atoms with E-state index in [0.29, 0.717) is 6.54 Å². The van der Waals surface area contributed by atoms with Crippen LogP contribution < -0.4 is 10.2 Å². The number of nitrogens with one attached hydrogen (secondary N) is 2. The van der Waals surface area contributed by atoms with Gasteiger partial charge in [0.1, 0.15) is 0 Å². The Morgan fingerprint density at radius 1 is 1.03 bits per heavy atom. The van der Waals surface area contributed by atoms with Gasteiger partial charge >= 0.3 is 0 Å². The molecule has 1 aliphatic heterocycles. The maximum atomic E-state index is 13.0. The first-order valence-corrected chi connectivity index (χ1v) is 10.9. The fourth-order valence-electron chi connectivity index (χ4n) is 3.60. The van der Waals surface area contributed by atoms with Crippen LogP contribution in [0.5, 0.6) is 0 Å².